The predicted octanol–water partition coefficient (Wildman–Crippen LogP) is 4.31. The van der Waals surface area contributed by atoms with Gasteiger partial charge in [-0.15, -0.1) is 0 Å². The number of hydrogen-bond acceptors (Lipinski definition) is 4. The lowest BCUT2D eigenvalue weighted by atomic mass is 9.65. The first-order valence-corrected chi connectivity index (χ1v) is 11.1. The Bertz CT molecular complexity index is 1040. The van der Waals surface area contributed by atoms with Crippen molar-refractivity contribution in [2.24, 2.45) is 10.8 Å². The molecule has 1 aromatic carbocycles. The average molecular weight is 407 g/mol. The second kappa shape index (κ2) is 6.79. The number of rotatable bonds is 3. The lowest BCUT2D eigenvalue weighted by Crippen LogP contribution is -2.39. The molecule has 1 aliphatic heterocycles. The van der Waals surface area contributed by atoms with Gasteiger partial charge in [0.2, 0.25) is 0 Å². The zero-order valence-corrected chi connectivity index (χ0v) is 18.2. The van der Waals surface area contributed by atoms with Crippen LogP contribution in [0.3, 0.4) is 0 Å². The van der Waals surface area contributed by atoms with Crippen LogP contribution in [0.5, 0.6) is 0 Å². The zero-order valence-electron chi connectivity index (χ0n) is 18.2. The number of nitrogens with zero attached hydrogens (tertiary/aromatic N) is 2. The standard InChI is InChI=1S/C25H30N2O3/c1-24(2)11-16-12-25(3,14-24)15-27(16)21(28)13-30-23(29)22-17-7-4-5-9-19(17)26-20-10-6-8-18(20)22/h4-5,7,9,16H,6,8,10-15H2,1-3H3/t16-,25-/m0/s1. The maximum atomic E-state index is 13.1. The van der Waals surface area contributed by atoms with E-state index in [2.05, 4.69) is 20.8 Å². The Kier molecular flexibility index (Phi) is 4.42. The van der Waals surface area contributed by atoms with Crippen molar-refractivity contribution in [1.29, 1.82) is 0 Å². The van der Waals surface area contributed by atoms with Crippen LogP contribution in [0.4, 0.5) is 0 Å². The summed E-state index contributed by atoms with van der Waals surface area (Å²) in [6.45, 7) is 7.45. The van der Waals surface area contributed by atoms with E-state index in [1.807, 2.05) is 29.2 Å². The number of carbonyl (C=O) groups excluding carboxylic acids is 2. The van der Waals surface area contributed by atoms with Crippen LogP contribution in [-0.4, -0.2) is 41.0 Å². The molecule has 1 saturated carbocycles. The summed E-state index contributed by atoms with van der Waals surface area (Å²) >= 11 is 0. The molecule has 0 radical (unpaired) electrons. The van der Waals surface area contributed by atoms with E-state index in [0.29, 0.717) is 5.56 Å². The van der Waals surface area contributed by atoms with Gasteiger partial charge in [-0.1, -0.05) is 39.0 Å². The molecule has 2 atom stereocenters. The number of fused-ring (bicyclic) bond motifs is 4. The minimum absolute atomic E-state index is 0.0650. The molecule has 158 valence electrons. The fraction of sp³-hybridized carbons (Fsp3) is 0.560. The fourth-order valence-electron chi connectivity index (χ4n) is 6.48. The van der Waals surface area contributed by atoms with Crippen LogP contribution in [-0.2, 0) is 22.4 Å². The summed E-state index contributed by atoms with van der Waals surface area (Å²) in [4.78, 5) is 32.8. The lowest BCUT2D eigenvalue weighted by molar-refractivity contribution is -0.135. The van der Waals surface area contributed by atoms with Crippen LogP contribution in [0.2, 0.25) is 0 Å². The minimum atomic E-state index is -0.395. The number of benzene rings is 1. The number of aryl methyl sites for hydroxylation is 1. The predicted molar refractivity (Wildman–Crippen MR) is 115 cm³/mol. The molecule has 0 unspecified atom stereocenters. The monoisotopic (exact) mass is 406 g/mol. The second-order valence-corrected chi connectivity index (χ2v) is 10.6. The van der Waals surface area contributed by atoms with E-state index in [0.717, 1.165) is 67.2 Å². The van der Waals surface area contributed by atoms with Gasteiger partial charge in [-0.2, -0.15) is 0 Å². The highest BCUT2D eigenvalue weighted by Gasteiger charge is 2.51. The molecule has 2 bridgehead atoms. The van der Waals surface area contributed by atoms with Crippen molar-refractivity contribution in [3.8, 4) is 0 Å². The summed E-state index contributed by atoms with van der Waals surface area (Å²) in [5, 5.41) is 0.821. The van der Waals surface area contributed by atoms with Gasteiger partial charge in [0, 0.05) is 23.7 Å². The van der Waals surface area contributed by atoms with Crippen molar-refractivity contribution in [3.63, 3.8) is 0 Å². The van der Waals surface area contributed by atoms with Crippen molar-refractivity contribution >= 4 is 22.8 Å². The molecular formula is C25H30N2O3. The number of pyridine rings is 1. The van der Waals surface area contributed by atoms with E-state index in [1.165, 1.54) is 0 Å². The summed E-state index contributed by atoms with van der Waals surface area (Å²) in [5.41, 5.74) is 3.84. The number of carbonyl (C=O) groups is 2. The van der Waals surface area contributed by atoms with Crippen LogP contribution in [0.15, 0.2) is 24.3 Å². The van der Waals surface area contributed by atoms with Gasteiger partial charge < -0.3 is 9.64 Å². The van der Waals surface area contributed by atoms with Crippen LogP contribution in [0.1, 0.15) is 68.1 Å². The van der Waals surface area contributed by atoms with Crippen LogP contribution in [0.25, 0.3) is 10.9 Å². The summed E-state index contributed by atoms with van der Waals surface area (Å²) < 4.78 is 5.61. The van der Waals surface area contributed by atoms with Gasteiger partial charge in [-0.05, 0) is 61.0 Å². The van der Waals surface area contributed by atoms with Gasteiger partial charge in [0.15, 0.2) is 6.61 Å². The molecule has 1 amide bonds. The first kappa shape index (κ1) is 19.5. The maximum absolute atomic E-state index is 13.1. The van der Waals surface area contributed by atoms with E-state index >= 15 is 0 Å². The van der Waals surface area contributed by atoms with Gasteiger partial charge in [-0.25, -0.2) is 4.79 Å². The summed E-state index contributed by atoms with van der Waals surface area (Å²) in [7, 11) is 0. The van der Waals surface area contributed by atoms with E-state index in [4.69, 9.17) is 9.72 Å². The molecule has 0 N–H and O–H groups in total. The largest absolute Gasteiger partial charge is 0.452 e. The zero-order chi connectivity index (χ0) is 21.1. The van der Waals surface area contributed by atoms with Gasteiger partial charge in [0.1, 0.15) is 0 Å². The Labute approximate surface area is 177 Å². The first-order valence-electron chi connectivity index (χ1n) is 11.1. The van der Waals surface area contributed by atoms with Crippen LogP contribution in [0, 0.1) is 10.8 Å². The number of para-hydroxylation sites is 1. The summed E-state index contributed by atoms with van der Waals surface area (Å²) in [6.07, 6.45) is 5.94. The fourth-order valence-corrected chi connectivity index (χ4v) is 6.48. The topological polar surface area (TPSA) is 59.5 Å². The smallest absolute Gasteiger partial charge is 0.339 e. The molecular weight excluding hydrogens is 376 g/mol. The SMILES string of the molecule is CC1(C)C[C@H]2C[C@](C)(CN2C(=O)COC(=O)c2c3c(nc4ccccc24)CCC3)C1. The third kappa shape index (κ3) is 3.28. The third-order valence-corrected chi connectivity index (χ3v) is 7.19. The molecule has 2 fully saturated rings. The number of hydrogen-bond donors (Lipinski definition) is 0. The molecule has 2 heterocycles. The third-order valence-electron chi connectivity index (χ3n) is 7.19. The maximum Gasteiger partial charge on any atom is 0.339 e. The Hall–Kier alpha value is -2.43. The Morgan fingerprint density at radius 1 is 1.17 bits per heavy atom. The number of likely N-dealkylation sites (tertiary alicyclic amines) is 1. The first-order chi connectivity index (χ1) is 14.2. The average Bonchev–Trinajstić information content (AvgIpc) is 3.24. The highest BCUT2D eigenvalue weighted by molar-refractivity contribution is 6.05. The molecule has 2 aromatic rings. The van der Waals surface area contributed by atoms with E-state index < -0.39 is 5.97 Å². The molecule has 2 aliphatic carbocycles. The second-order valence-electron chi connectivity index (χ2n) is 10.6. The van der Waals surface area contributed by atoms with Crippen LogP contribution >= 0.6 is 0 Å². The molecule has 5 nitrogen and oxygen atoms in total. The van der Waals surface area contributed by atoms with Gasteiger partial charge in [-0.3, -0.25) is 9.78 Å². The van der Waals surface area contributed by atoms with Crippen molar-refractivity contribution in [2.75, 3.05) is 13.2 Å². The van der Waals surface area contributed by atoms with Crippen molar-refractivity contribution in [2.45, 2.75) is 65.3 Å². The number of esters is 1. The Balaban J connectivity index is 1.35. The van der Waals surface area contributed by atoms with Crippen molar-refractivity contribution in [1.82, 2.24) is 9.88 Å². The van der Waals surface area contributed by atoms with Gasteiger partial charge in [0.05, 0.1) is 11.1 Å². The van der Waals surface area contributed by atoms with Crippen LogP contribution < -0.4 is 0 Å². The molecule has 1 aromatic heterocycles. The molecule has 5 heteroatoms. The van der Waals surface area contributed by atoms with Crippen molar-refractivity contribution in [3.05, 3.63) is 41.1 Å². The Morgan fingerprint density at radius 3 is 2.80 bits per heavy atom. The van der Waals surface area contributed by atoms with E-state index in [-0.39, 0.29) is 29.4 Å². The van der Waals surface area contributed by atoms with Gasteiger partial charge >= 0.3 is 5.97 Å². The number of ether oxygens (including phenoxy) is 1. The van der Waals surface area contributed by atoms with Crippen molar-refractivity contribution < 1.29 is 14.3 Å². The minimum Gasteiger partial charge on any atom is -0.452 e. The van der Waals surface area contributed by atoms with E-state index in [1.54, 1.807) is 0 Å². The highest BCUT2D eigenvalue weighted by atomic mass is 16.5. The normalized spacial score (nSPS) is 26.6. The number of amides is 1. The van der Waals surface area contributed by atoms with Gasteiger partial charge in [0.25, 0.3) is 5.91 Å². The molecule has 3 aliphatic rings. The van der Waals surface area contributed by atoms with E-state index in [9.17, 15) is 9.59 Å². The number of aromatic nitrogens is 1. The molecule has 1 saturated heterocycles. The molecule has 0 spiro atoms. The molecule has 5 rings (SSSR count). The lowest BCUT2D eigenvalue weighted by Gasteiger charge is -2.39. The quantitative estimate of drug-likeness (QED) is 0.713. The summed E-state index contributed by atoms with van der Waals surface area (Å²) in [5.74, 6) is -0.460. The highest BCUT2D eigenvalue weighted by Crippen LogP contribution is 2.52. The molecule has 30 heavy (non-hydrogen) atoms. The Morgan fingerprint density at radius 2 is 1.97 bits per heavy atom. The summed E-state index contributed by atoms with van der Waals surface area (Å²) in [6, 6.07) is 7.97.